The summed E-state index contributed by atoms with van der Waals surface area (Å²) < 4.78 is 0. The maximum absolute atomic E-state index is 3.46. The highest BCUT2D eigenvalue weighted by Crippen LogP contribution is 2.15. The Morgan fingerprint density at radius 1 is 1.27 bits per heavy atom. The molecule has 3 heteroatoms. The third-order valence-corrected chi connectivity index (χ3v) is 3.25. The largest absolute Gasteiger partial charge is 0.317 e. The fraction of sp³-hybridized carbons (Fsp3) is 1.00. The fourth-order valence-corrected chi connectivity index (χ4v) is 2.10. The van der Waals surface area contributed by atoms with E-state index in [1.807, 2.05) is 0 Å². The molecule has 1 fully saturated rings. The molecular formula is C12H27N3. The van der Waals surface area contributed by atoms with Crippen molar-refractivity contribution in [1.29, 1.82) is 0 Å². The van der Waals surface area contributed by atoms with Gasteiger partial charge in [-0.1, -0.05) is 6.92 Å². The summed E-state index contributed by atoms with van der Waals surface area (Å²) in [6, 6.07) is 0. The smallest absolute Gasteiger partial charge is 0.0109 e. The molecule has 1 aliphatic rings. The van der Waals surface area contributed by atoms with Gasteiger partial charge in [0, 0.05) is 13.1 Å². The number of hydrogen-bond donors (Lipinski definition) is 1. The van der Waals surface area contributed by atoms with Gasteiger partial charge in [0.15, 0.2) is 0 Å². The van der Waals surface area contributed by atoms with E-state index in [0.29, 0.717) is 0 Å². The lowest BCUT2D eigenvalue weighted by Crippen LogP contribution is -2.40. The van der Waals surface area contributed by atoms with Crippen LogP contribution in [0.5, 0.6) is 0 Å². The summed E-state index contributed by atoms with van der Waals surface area (Å²) in [5, 5.41) is 3.46. The number of likely N-dealkylation sites (N-methyl/N-ethyl adjacent to an activating group) is 1. The Labute approximate surface area is 94.8 Å². The normalized spacial score (nSPS) is 20.0. The zero-order chi connectivity index (χ0) is 11.1. The summed E-state index contributed by atoms with van der Waals surface area (Å²) in [5.74, 6) is 0.917. The molecule has 0 aromatic heterocycles. The first-order valence-electron chi connectivity index (χ1n) is 6.30. The number of piperidine rings is 1. The van der Waals surface area contributed by atoms with Gasteiger partial charge in [-0.25, -0.2) is 0 Å². The summed E-state index contributed by atoms with van der Waals surface area (Å²) in [6.07, 6.45) is 2.75. The van der Waals surface area contributed by atoms with Crippen LogP contribution in [0.2, 0.25) is 0 Å². The topological polar surface area (TPSA) is 18.5 Å². The summed E-state index contributed by atoms with van der Waals surface area (Å²) >= 11 is 0. The SMILES string of the molecule is CCNCC1CCN(CCN(C)C)CC1. The van der Waals surface area contributed by atoms with E-state index >= 15 is 0 Å². The van der Waals surface area contributed by atoms with Crippen molar-refractivity contribution in [3.63, 3.8) is 0 Å². The summed E-state index contributed by atoms with van der Waals surface area (Å²) in [4.78, 5) is 4.87. The zero-order valence-corrected chi connectivity index (χ0v) is 10.6. The monoisotopic (exact) mass is 213 g/mol. The van der Waals surface area contributed by atoms with Crippen LogP contribution < -0.4 is 5.32 Å². The van der Waals surface area contributed by atoms with Crippen LogP contribution in [0.1, 0.15) is 19.8 Å². The predicted octanol–water partition coefficient (Wildman–Crippen LogP) is 0.870. The van der Waals surface area contributed by atoms with Crippen LogP contribution in [0, 0.1) is 5.92 Å². The van der Waals surface area contributed by atoms with Gasteiger partial charge < -0.3 is 15.1 Å². The van der Waals surface area contributed by atoms with E-state index in [2.05, 4.69) is 36.1 Å². The van der Waals surface area contributed by atoms with Crippen LogP contribution >= 0.6 is 0 Å². The molecule has 3 nitrogen and oxygen atoms in total. The Bertz CT molecular complexity index is 151. The highest BCUT2D eigenvalue weighted by Gasteiger charge is 2.18. The van der Waals surface area contributed by atoms with E-state index in [1.165, 1.54) is 45.6 Å². The second kappa shape index (κ2) is 7.20. The molecule has 90 valence electrons. The highest BCUT2D eigenvalue weighted by atomic mass is 15.2. The Morgan fingerprint density at radius 2 is 1.93 bits per heavy atom. The van der Waals surface area contributed by atoms with Gasteiger partial charge in [-0.05, 0) is 59.0 Å². The molecule has 0 aromatic carbocycles. The molecule has 15 heavy (non-hydrogen) atoms. The van der Waals surface area contributed by atoms with Gasteiger partial charge in [0.25, 0.3) is 0 Å². The standard InChI is InChI=1S/C12H27N3/c1-4-13-11-12-5-7-15(8-6-12)10-9-14(2)3/h12-13H,4-11H2,1-3H3. The molecular weight excluding hydrogens is 186 g/mol. The molecule has 1 aliphatic heterocycles. The second-order valence-corrected chi connectivity index (χ2v) is 4.90. The first-order valence-corrected chi connectivity index (χ1v) is 6.30. The van der Waals surface area contributed by atoms with Crippen LogP contribution in [-0.4, -0.2) is 63.2 Å². The highest BCUT2D eigenvalue weighted by molar-refractivity contribution is 4.74. The van der Waals surface area contributed by atoms with Gasteiger partial charge in [-0.15, -0.1) is 0 Å². The van der Waals surface area contributed by atoms with Crippen molar-refractivity contribution in [2.75, 3.05) is 53.4 Å². The molecule has 0 saturated carbocycles. The quantitative estimate of drug-likeness (QED) is 0.706. The van der Waals surface area contributed by atoms with Crippen molar-refractivity contribution in [2.45, 2.75) is 19.8 Å². The molecule has 1 rings (SSSR count). The van der Waals surface area contributed by atoms with E-state index in [4.69, 9.17) is 0 Å². The molecule has 0 spiro atoms. The van der Waals surface area contributed by atoms with E-state index in [9.17, 15) is 0 Å². The molecule has 1 heterocycles. The molecule has 0 unspecified atom stereocenters. The van der Waals surface area contributed by atoms with E-state index in [0.717, 1.165) is 12.5 Å². The number of hydrogen-bond acceptors (Lipinski definition) is 3. The summed E-state index contributed by atoms with van der Waals surface area (Å²) in [6.45, 7) is 9.54. The minimum Gasteiger partial charge on any atom is -0.317 e. The molecule has 0 radical (unpaired) electrons. The van der Waals surface area contributed by atoms with Crippen LogP contribution in [0.15, 0.2) is 0 Å². The lowest BCUT2D eigenvalue weighted by Gasteiger charge is -2.32. The Morgan fingerprint density at radius 3 is 2.47 bits per heavy atom. The third kappa shape index (κ3) is 5.50. The van der Waals surface area contributed by atoms with Crippen LogP contribution in [0.3, 0.4) is 0 Å². The number of rotatable bonds is 6. The van der Waals surface area contributed by atoms with Gasteiger partial charge in [0.2, 0.25) is 0 Å². The van der Waals surface area contributed by atoms with Crippen molar-refractivity contribution in [1.82, 2.24) is 15.1 Å². The average molecular weight is 213 g/mol. The van der Waals surface area contributed by atoms with Crippen molar-refractivity contribution >= 4 is 0 Å². The van der Waals surface area contributed by atoms with Crippen molar-refractivity contribution < 1.29 is 0 Å². The van der Waals surface area contributed by atoms with Crippen LogP contribution in [-0.2, 0) is 0 Å². The lowest BCUT2D eigenvalue weighted by molar-refractivity contribution is 0.169. The van der Waals surface area contributed by atoms with Gasteiger partial charge in [-0.3, -0.25) is 0 Å². The van der Waals surface area contributed by atoms with Gasteiger partial charge in [0.1, 0.15) is 0 Å². The number of nitrogens with one attached hydrogen (secondary N) is 1. The van der Waals surface area contributed by atoms with E-state index in [-0.39, 0.29) is 0 Å². The van der Waals surface area contributed by atoms with Crippen LogP contribution in [0.25, 0.3) is 0 Å². The first kappa shape index (κ1) is 12.9. The molecule has 1 N–H and O–H groups in total. The number of likely N-dealkylation sites (tertiary alicyclic amines) is 1. The third-order valence-electron chi connectivity index (χ3n) is 3.25. The van der Waals surface area contributed by atoms with Gasteiger partial charge >= 0.3 is 0 Å². The minimum absolute atomic E-state index is 0.917. The molecule has 0 amide bonds. The van der Waals surface area contributed by atoms with E-state index in [1.54, 1.807) is 0 Å². The molecule has 0 atom stereocenters. The molecule has 0 aliphatic carbocycles. The average Bonchev–Trinajstić information content (AvgIpc) is 2.25. The minimum atomic E-state index is 0.917. The van der Waals surface area contributed by atoms with Crippen molar-refractivity contribution in [3.05, 3.63) is 0 Å². The summed E-state index contributed by atoms with van der Waals surface area (Å²) in [7, 11) is 4.30. The maximum Gasteiger partial charge on any atom is 0.0109 e. The molecule has 0 aromatic rings. The second-order valence-electron chi connectivity index (χ2n) is 4.90. The lowest BCUT2D eigenvalue weighted by atomic mass is 9.97. The Balaban J connectivity index is 2.07. The predicted molar refractivity (Wildman–Crippen MR) is 66.3 cm³/mol. The zero-order valence-electron chi connectivity index (χ0n) is 10.6. The van der Waals surface area contributed by atoms with E-state index < -0.39 is 0 Å². The number of nitrogens with zero attached hydrogens (tertiary/aromatic N) is 2. The Kier molecular flexibility index (Phi) is 6.22. The van der Waals surface area contributed by atoms with Crippen molar-refractivity contribution in [2.24, 2.45) is 5.92 Å². The molecule has 0 bridgehead atoms. The maximum atomic E-state index is 3.46. The fourth-order valence-electron chi connectivity index (χ4n) is 2.10. The Hall–Kier alpha value is -0.120. The first-order chi connectivity index (χ1) is 7.22. The van der Waals surface area contributed by atoms with Gasteiger partial charge in [0.05, 0.1) is 0 Å². The van der Waals surface area contributed by atoms with Gasteiger partial charge in [-0.2, -0.15) is 0 Å². The van der Waals surface area contributed by atoms with Crippen LogP contribution in [0.4, 0.5) is 0 Å². The van der Waals surface area contributed by atoms with Crippen molar-refractivity contribution in [3.8, 4) is 0 Å². The summed E-state index contributed by atoms with van der Waals surface area (Å²) in [5.41, 5.74) is 0. The molecule has 1 saturated heterocycles.